The highest BCUT2D eigenvalue weighted by atomic mass is 79.9. The van der Waals surface area contributed by atoms with Gasteiger partial charge in [-0.25, -0.2) is 4.98 Å². The second-order valence-corrected chi connectivity index (χ2v) is 4.67. The fourth-order valence-corrected chi connectivity index (χ4v) is 1.97. The zero-order valence-electron chi connectivity index (χ0n) is 9.56. The van der Waals surface area contributed by atoms with Crippen LogP contribution < -0.4 is 11.1 Å². The quantitative estimate of drug-likeness (QED) is 0.914. The lowest BCUT2D eigenvalue weighted by Crippen LogP contribution is -2.24. The van der Waals surface area contributed by atoms with E-state index in [-0.39, 0.29) is 11.6 Å². The molecular weight excluding hydrogens is 294 g/mol. The normalized spacial score (nSPS) is 10.1. The third-order valence-electron chi connectivity index (χ3n) is 2.40. The predicted molar refractivity (Wildman–Crippen MR) is 74.0 cm³/mol. The van der Waals surface area contributed by atoms with Crippen LogP contribution in [0.3, 0.4) is 0 Å². The highest BCUT2D eigenvalue weighted by molar-refractivity contribution is 9.10. The van der Waals surface area contributed by atoms with Crippen LogP contribution in [-0.4, -0.2) is 10.9 Å². The summed E-state index contributed by atoms with van der Waals surface area (Å²) in [7, 11) is 0. The topological polar surface area (TPSA) is 68.0 Å². The van der Waals surface area contributed by atoms with Gasteiger partial charge < -0.3 is 11.1 Å². The average Bonchev–Trinajstić information content (AvgIpc) is 2.37. The van der Waals surface area contributed by atoms with Gasteiger partial charge in [0.05, 0.1) is 5.69 Å². The first-order chi connectivity index (χ1) is 8.66. The van der Waals surface area contributed by atoms with Gasteiger partial charge in [0.2, 0.25) is 0 Å². The van der Waals surface area contributed by atoms with E-state index >= 15 is 0 Å². The minimum Gasteiger partial charge on any atom is -0.397 e. The van der Waals surface area contributed by atoms with Crippen LogP contribution in [0.25, 0.3) is 0 Å². The van der Waals surface area contributed by atoms with Gasteiger partial charge in [0.15, 0.2) is 5.69 Å². The number of benzene rings is 1. The maximum absolute atomic E-state index is 11.9. The van der Waals surface area contributed by atoms with Crippen LogP contribution in [0.5, 0.6) is 0 Å². The molecule has 1 heterocycles. The van der Waals surface area contributed by atoms with Crippen molar-refractivity contribution in [2.45, 2.75) is 6.54 Å². The molecule has 1 aromatic carbocycles. The first kappa shape index (κ1) is 12.6. The van der Waals surface area contributed by atoms with E-state index in [0.717, 1.165) is 10.0 Å². The Kier molecular flexibility index (Phi) is 3.94. The summed E-state index contributed by atoms with van der Waals surface area (Å²) in [4.78, 5) is 15.8. The Morgan fingerprint density at radius 1 is 1.33 bits per heavy atom. The van der Waals surface area contributed by atoms with Crippen LogP contribution in [0.1, 0.15) is 16.1 Å². The molecule has 0 fully saturated rings. The molecule has 2 rings (SSSR count). The number of hydrogen-bond donors (Lipinski definition) is 2. The van der Waals surface area contributed by atoms with E-state index < -0.39 is 0 Å². The van der Waals surface area contributed by atoms with Crippen molar-refractivity contribution in [3.05, 3.63) is 58.3 Å². The third kappa shape index (κ3) is 3.07. The summed E-state index contributed by atoms with van der Waals surface area (Å²) in [5, 5.41) is 2.78. The van der Waals surface area contributed by atoms with Crippen molar-refractivity contribution in [3.8, 4) is 0 Å². The standard InChI is InChI=1S/C13H12BrN3O/c14-10-4-1-3-9(7-10)8-17-13(18)12-11(15)5-2-6-16-12/h1-7H,8,15H2,(H,17,18). The Hall–Kier alpha value is -1.88. The van der Waals surface area contributed by atoms with Gasteiger partial charge >= 0.3 is 0 Å². The number of nitrogens with one attached hydrogen (secondary N) is 1. The number of amides is 1. The Bertz CT molecular complexity index is 572. The number of hydrogen-bond acceptors (Lipinski definition) is 3. The summed E-state index contributed by atoms with van der Waals surface area (Å²) >= 11 is 3.38. The van der Waals surface area contributed by atoms with E-state index in [9.17, 15) is 4.79 Å². The number of carbonyl (C=O) groups excluding carboxylic acids is 1. The molecule has 0 saturated heterocycles. The number of carbonyl (C=O) groups is 1. The van der Waals surface area contributed by atoms with Gasteiger partial charge in [0, 0.05) is 17.2 Å². The number of nitrogen functional groups attached to an aromatic ring is 1. The molecular formula is C13H12BrN3O. The summed E-state index contributed by atoms with van der Waals surface area (Å²) < 4.78 is 0.978. The second-order valence-electron chi connectivity index (χ2n) is 3.75. The number of halogens is 1. The van der Waals surface area contributed by atoms with E-state index in [1.807, 2.05) is 24.3 Å². The second kappa shape index (κ2) is 5.64. The minimum absolute atomic E-state index is 0.257. The van der Waals surface area contributed by atoms with Crippen molar-refractivity contribution in [2.75, 3.05) is 5.73 Å². The van der Waals surface area contributed by atoms with Gasteiger partial charge in [-0.15, -0.1) is 0 Å². The van der Waals surface area contributed by atoms with E-state index in [2.05, 4.69) is 26.2 Å². The minimum atomic E-state index is -0.270. The fraction of sp³-hybridized carbons (Fsp3) is 0.0769. The fourth-order valence-electron chi connectivity index (χ4n) is 1.52. The molecule has 3 N–H and O–H groups in total. The van der Waals surface area contributed by atoms with Crippen LogP contribution in [0.15, 0.2) is 47.1 Å². The van der Waals surface area contributed by atoms with Gasteiger partial charge in [-0.2, -0.15) is 0 Å². The van der Waals surface area contributed by atoms with Crippen LogP contribution in [0.2, 0.25) is 0 Å². The lowest BCUT2D eigenvalue weighted by Gasteiger charge is -2.06. The van der Waals surface area contributed by atoms with Crippen molar-refractivity contribution < 1.29 is 4.79 Å². The lowest BCUT2D eigenvalue weighted by molar-refractivity contribution is 0.0947. The van der Waals surface area contributed by atoms with Gasteiger partial charge in [-0.05, 0) is 29.8 Å². The van der Waals surface area contributed by atoms with Crippen LogP contribution in [0.4, 0.5) is 5.69 Å². The molecule has 18 heavy (non-hydrogen) atoms. The summed E-state index contributed by atoms with van der Waals surface area (Å²) in [5.74, 6) is -0.270. The molecule has 0 radical (unpaired) electrons. The molecule has 1 amide bonds. The van der Waals surface area contributed by atoms with Gasteiger partial charge in [0.25, 0.3) is 5.91 Å². The molecule has 0 aliphatic rings. The SMILES string of the molecule is Nc1cccnc1C(=O)NCc1cccc(Br)c1. The Morgan fingerprint density at radius 2 is 2.17 bits per heavy atom. The summed E-state index contributed by atoms with van der Waals surface area (Å²) in [5.41, 5.74) is 7.33. The largest absolute Gasteiger partial charge is 0.397 e. The molecule has 0 saturated carbocycles. The van der Waals surface area contributed by atoms with Gasteiger partial charge in [0.1, 0.15) is 0 Å². The number of nitrogens with zero attached hydrogens (tertiary/aromatic N) is 1. The van der Waals surface area contributed by atoms with Crippen molar-refractivity contribution in [3.63, 3.8) is 0 Å². The average molecular weight is 306 g/mol. The molecule has 0 spiro atoms. The Morgan fingerprint density at radius 3 is 2.89 bits per heavy atom. The van der Waals surface area contributed by atoms with E-state index in [1.165, 1.54) is 0 Å². The maximum Gasteiger partial charge on any atom is 0.272 e. The maximum atomic E-state index is 11.9. The number of pyridine rings is 1. The number of anilines is 1. The molecule has 4 nitrogen and oxygen atoms in total. The van der Waals surface area contributed by atoms with E-state index in [1.54, 1.807) is 18.3 Å². The van der Waals surface area contributed by atoms with Crippen molar-refractivity contribution >= 4 is 27.5 Å². The van der Waals surface area contributed by atoms with Crippen LogP contribution in [0, 0.1) is 0 Å². The van der Waals surface area contributed by atoms with Crippen molar-refractivity contribution in [2.24, 2.45) is 0 Å². The molecule has 92 valence electrons. The van der Waals surface area contributed by atoms with Crippen molar-refractivity contribution in [1.82, 2.24) is 10.3 Å². The molecule has 1 aromatic heterocycles. The number of nitrogens with two attached hydrogens (primary N) is 1. The third-order valence-corrected chi connectivity index (χ3v) is 2.89. The predicted octanol–water partition coefficient (Wildman–Crippen LogP) is 2.36. The number of rotatable bonds is 3. The lowest BCUT2D eigenvalue weighted by atomic mass is 10.2. The Labute approximate surface area is 113 Å². The smallest absolute Gasteiger partial charge is 0.272 e. The summed E-state index contributed by atoms with van der Waals surface area (Å²) in [6.07, 6.45) is 1.55. The van der Waals surface area contributed by atoms with Crippen LogP contribution >= 0.6 is 15.9 Å². The zero-order chi connectivity index (χ0) is 13.0. The zero-order valence-corrected chi connectivity index (χ0v) is 11.1. The van der Waals surface area contributed by atoms with E-state index in [0.29, 0.717) is 12.2 Å². The first-order valence-corrected chi connectivity index (χ1v) is 6.19. The molecule has 0 unspecified atom stereocenters. The summed E-state index contributed by atoms with van der Waals surface area (Å²) in [6, 6.07) is 11.1. The molecule has 0 atom stereocenters. The molecule has 2 aromatic rings. The Balaban J connectivity index is 2.03. The first-order valence-electron chi connectivity index (χ1n) is 5.40. The highest BCUT2D eigenvalue weighted by Crippen LogP contribution is 2.12. The molecule has 0 aliphatic heterocycles. The molecule has 0 aliphatic carbocycles. The number of aromatic nitrogens is 1. The van der Waals surface area contributed by atoms with Gasteiger partial charge in [-0.3, -0.25) is 4.79 Å². The van der Waals surface area contributed by atoms with E-state index in [4.69, 9.17) is 5.73 Å². The van der Waals surface area contributed by atoms with Gasteiger partial charge in [-0.1, -0.05) is 28.1 Å². The van der Waals surface area contributed by atoms with Crippen LogP contribution in [-0.2, 0) is 6.54 Å². The van der Waals surface area contributed by atoms with Crippen molar-refractivity contribution in [1.29, 1.82) is 0 Å². The summed E-state index contributed by atoms with van der Waals surface area (Å²) in [6.45, 7) is 0.439. The molecule has 0 bridgehead atoms. The molecule has 5 heteroatoms. The monoisotopic (exact) mass is 305 g/mol. The highest BCUT2D eigenvalue weighted by Gasteiger charge is 2.09.